The molecule has 0 spiro atoms. The number of rotatable bonds is 7. The summed E-state index contributed by atoms with van der Waals surface area (Å²) in [6.45, 7) is 6.01. The number of piperidine rings is 1. The largest absolute Gasteiger partial charge is 0.494 e. The van der Waals surface area contributed by atoms with Crippen LogP contribution in [0.2, 0.25) is 5.02 Å². The van der Waals surface area contributed by atoms with Gasteiger partial charge in [-0.1, -0.05) is 33.7 Å². The summed E-state index contributed by atoms with van der Waals surface area (Å²) in [5.74, 6) is 2.24. The Bertz CT molecular complexity index is 1490. The van der Waals surface area contributed by atoms with E-state index in [-0.39, 0.29) is 0 Å². The monoisotopic (exact) mass is 613 g/mol. The second-order valence-electron chi connectivity index (χ2n) is 11.7. The van der Waals surface area contributed by atoms with Gasteiger partial charge in [-0.25, -0.2) is 4.98 Å². The summed E-state index contributed by atoms with van der Waals surface area (Å²) >= 11 is 6.46. The predicted octanol–water partition coefficient (Wildman–Crippen LogP) is 4.24. The van der Waals surface area contributed by atoms with Crippen LogP contribution in [-0.2, 0) is 9.93 Å². The van der Waals surface area contributed by atoms with E-state index in [1.807, 2.05) is 36.4 Å². The molecule has 3 aliphatic heterocycles. The van der Waals surface area contributed by atoms with E-state index in [0.29, 0.717) is 52.6 Å². The molecule has 2 fully saturated rings. The maximum absolute atomic E-state index is 12.8. The Hall–Kier alpha value is -3.12. The first-order valence-electron chi connectivity index (χ1n) is 14.4. The third-order valence-electron chi connectivity index (χ3n) is 8.47. The molecule has 0 radical (unpaired) electrons. The fraction of sp³-hybridized carbons (Fsp3) is 0.467. The Morgan fingerprint density at radius 1 is 1.05 bits per heavy atom. The summed E-state index contributed by atoms with van der Waals surface area (Å²) < 4.78 is 25.0. The zero-order valence-corrected chi connectivity index (χ0v) is 26.3. The molecule has 0 amide bonds. The van der Waals surface area contributed by atoms with Gasteiger partial charge in [0.15, 0.2) is 5.82 Å². The summed E-state index contributed by atoms with van der Waals surface area (Å²) in [6, 6.07) is 12.4. The van der Waals surface area contributed by atoms with Gasteiger partial charge in [-0.3, -0.25) is 9.11 Å². The minimum atomic E-state index is -2.52. The van der Waals surface area contributed by atoms with Crippen LogP contribution in [0.5, 0.6) is 11.5 Å². The van der Waals surface area contributed by atoms with Gasteiger partial charge in [0.1, 0.15) is 23.1 Å². The number of halogens is 1. The van der Waals surface area contributed by atoms with Gasteiger partial charge in [-0.05, 0) is 57.6 Å². The van der Waals surface area contributed by atoms with Crippen molar-refractivity contribution in [1.82, 2.24) is 19.8 Å². The van der Waals surface area contributed by atoms with Crippen LogP contribution in [-0.4, -0.2) is 102 Å². The second-order valence-corrected chi connectivity index (χ2v) is 15.3. The first kappa shape index (κ1) is 29.0. The Balaban J connectivity index is 1.20. The summed E-state index contributed by atoms with van der Waals surface area (Å²) in [6.07, 6.45) is 7.49. The number of nitrogens with zero attached hydrogens (tertiary/aromatic N) is 5. The molecule has 3 aliphatic rings. The molecule has 10 nitrogen and oxygen atoms in total. The molecular formula is C30H40ClN7O3S. The summed E-state index contributed by atoms with van der Waals surface area (Å²) in [5.41, 5.74) is 2.44. The van der Waals surface area contributed by atoms with Crippen molar-refractivity contribution >= 4 is 50.4 Å². The van der Waals surface area contributed by atoms with Gasteiger partial charge < -0.3 is 29.9 Å². The van der Waals surface area contributed by atoms with Crippen molar-refractivity contribution in [3.63, 3.8) is 0 Å². The lowest BCUT2D eigenvalue weighted by atomic mass is 10.00. The number of hydrogen-bond acceptors (Lipinski definition) is 10. The quantitative estimate of drug-likeness (QED) is 0.336. The molecule has 6 rings (SSSR count). The Morgan fingerprint density at radius 3 is 2.60 bits per heavy atom. The van der Waals surface area contributed by atoms with Gasteiger partial charge >= 0.3 is 0 Å². The van der Waals surface area contributed by atoms with Gasteiger partial charge in [-0.15, -0.1) is 0 Å². The average Bonchev–Trinajstić information content (AvgIpc) is 2.98. The molecule has 0 saturated carbocycles. The molecule has 3 aromatic rings. The van der Waals surface area contributed by atoms with Gasteiger partial charge in [0.05, 0.1) is 36.4 Å². The van der Waals surface area contributed by atoms with E-state index in [4.69, 9.17) is 21.1 Å². The molecule has 12 heteroatoms. The van der Waals surface area contributed by atoms with Crippen LogP contribution < -0.4 is 25.0 Å². The van der Waals surface area contributed by atoms with E-state index in [0.717, 1.165) is 36.0 Å². The molecular weight excluding hydrogens is 574 g/mol. The molecule has 2 N–H and O–H groups in total. The highest BCUT2D eigenvalue weighted by Gasteiger charge is 2.36. The molecule has 1 atom stereocenters. The first-order chi connectivity index (χ1) is 20.2. The summed E-state index contributed by atoms with van der Waals surface area (Å²) in [5, 5.41) is 6.88. The SMILES string of the molecule is COc1cc2c(cc1Nc1ncc(Cl)c(Nc3ccccc3[SH](C)(C)=O)n1)OCC1CN(C3CCN(C)CC3)CCN21. The van der Waals surface area contributed by atoms with Crippen LogP contribution >= 0.6 is 11.6 Å². The molecule has 4 heterocycles. The Kier molecular flexibility index (Phi) is 8.19. The van der Waals surface area contributed by atoms with Crippen LogP contribution in [0.3, 0.4) is 0 Å². The number of benzene rings is 2. The van der Waals surface area contributed by atoms with E-state index in [9.17, 15) is 4.21 Å². The normalized spacial score (nSPS) is 20.3. The Morgan fingerprint density at radius 2 is 1.83 bits per heavy atom. The molecule has 2 aromatic carbocycles. The fourth-order valence-corrected chi connectivity index (χ4v) is 7.48. The third-order valence-corrected chi connectivity index (χ3v) is 10.3. The van der Waals surface area contributed by atoms with Crippen molar-refractivity contribution in [3.05, 3.63) is 47.6 Å². The maximum Gasteiger partial charge on any atom is 0.229 e. The minimum Gasteiger partial charge on any atom is -0.494 e. The molecule has 0 aliphatic carbocycles. The third kappa shape index (κ3) is 6.01. The highest BCUT2D eigenvalue weighted by molar-refractivity contribution is 8.01. The number of hydrogen-bond donors (Lipinski definition) is 3. The highest BCUT2D eigenvalue weighted by Crippen LogP contribution is 2.43. The zero-order chi connectivity index (χ0) is 29.4. The molecule has 226 valence electrons. The van der Waals surface area contributed by atoms with E-state index < -0.39 is 9.93 Å². The first-order valence-corrected chi connectivity index (χ1v) is 17.4. The number of nitrogens with one attached hydrogen (secondary N) is 2. The molecule has 42 heavy (non-hydrogen) atoms. The lowest BCUT2D eigenvalue weighted by molar-refractivity contribution is 0.0868. The zero-order valence-electron chi connectivity index (χ0n) is 24.6. The van der Waals surface area contributed by atoms with Crippen LogP contribution in [0.4, 0.5) is 28.8 Å². The summed E-state index contributed by atoms with van der Waals surface area (Å²) in [4.78, 5) is 17.3. The number of piperazine rings is 1. The number of ether oxygens (including phenoxy) is 2. The lowest BCUT2D eigenvalue weighted by Crippen LogP contribution is -2.60. The van der Waals surface area contributed by atoms with Crippen molar-refractivity contribution in [1.29, 1.82) is 0 Å². The topological polar surface area (TPSA) is 95.1 Å². The van der Waals surface area contributed by atoms with Crippen LogP contribution in [0.1, 0.15) is 12.8 Å². The van der Waals surface area contributed by atoms with Crippen molar-refractivity contribution in [2.75, 3.05) is 81.5 Å². The number of para-hydroxylation sites is 1. The van der Waals surface area contributed by atoms with Gasteiger partial charge in [0.25, 0.3) is 0 Å². The lowest BCUT2D eigenvalue weighted by Gasteiger charge is -2.49. The van der Waals surface area contributed by atoms with Gasteiger partial charge in [0, 0.05) is 42.7 Å². The van der Waals surface area contributed by atoms with Crippen LogP contribution in [0, 0.1) is 0 Å². The second kappa shape index (κ2) is 11.9. The minimum absolute atomic E-state index is 0.312. The highest BCUT2D eigenvalue weighted by atomic mass is 35.5. The standard InChI is InChI=1S/C30H40ClN7O3S/c1-36-11-9-20(10-12-36)37-13-14-38-21(18-37)19-41-27-15-24(26(40-2)16-25(27)38)34-30-32-17-22(31)29(35-30)33-23-7-5-6-8-28(23)42(3,4)39/h5-8,15-17,20-21,42H,9-14,18-19H2,1-4H3,(H2,32,33,34,35). The van der Waals surface area contributed by atoms with E-state index >= 15 is 0 Å². The van der Waals surface area contributed by atoms with E-state index in [2.05, 4.69) is 42.3 Å². The van der Waals surface area contributed by atoms with Crippen molar-refractivity contribution in [3.8, 4) is 11.5 Å². The van der Waals surface area contributed by atoms with Gasteiger partial charge in [0.2, 0.25) is 5.95 Å². The van der Waals surface area contributed by atoms with E-state index in [1.165, 1.54) is 32.1 Å². The average molecular weight is 614 g/mol. The maximum atomic E-state index is 12.8. The number of methoxy groups -OCH3 is 1. The van der Waals surface area contributed by atoms with Crippen molar-refractivity contribution in [2.45, 2.75) is 29.8 Å². The molecule has 2 saturated heterocycles. The predicted molar refractivity (Wildman–Crippen MR) is 171 cm³/mol. The smallest absolute Gasteiger partial charge is 0.229 e. The number of thiol groups is 1. The Labute approximate surface area is 253 Å². The molecule has 1 aromatic heterocycles. The van der Waals surface area contributed by atoms with Crippen LogP contribution in [0.15, 0.2) is 47.5 Å². The number of anilines is 5. The fourth-order valence-electron chi connectivity index (χ4n) is 6.18. The number of likely N-dealkylation sites (tertiary alicyclic amines) is 1. The summed E-state index contributed by atoms with van der Waals surface area (Å²) in [7, 11) is 1.35. The van der Waals surface area contributed by atoms with Crippen LogP contribution in [0.25, 0.3) is 0 Å². The number of fused-ring (bicyclic) bond motifs is 3. The number of aromatic nitrogens is 2. The van der Waals surface area contributed by atoms with E-state index in [1.54, 1.807) is 19.6 Å². The van der Waals surface area contributed by atoms with Gasteiger partial charge in [-0.2, -0.15) is 4.98 Å². The molecule has 0 bridgehead atoms. The molecule has 1 unspecified atom stereocenters. The van der Waals surface area contributed by atoms with Crippen molar-refractivity contribution in [2.24, 2.45) is 0 Å². The van der Waals surface area contributed by atoms with Crippen molar-refractivity contribution < 1.29 is 13.7 Å².